The molecule has 0 N–H and O–H groups in total. The van der Waals surface area contributed by atoms with Gasteiger partial charge in [0.25, 0.3) is 0 Å². The van der Waals surface area contributed by atoms with Crippen molar-refractivity contribution in [2.45, 2.75) is 0 Å². The van der Waals surface area contributed by atoms with Gasteiger partial charge < -0.3 is 4.42 Å². The van der Waals surface area contributed by atoms with Crippen LogP contribution in [-0.2, 0) is 0 Å². The van der Waals surface area contributed by atoms with Crippen LogP contribution in [0.5, 0.6) is 0 Å². The zero-order valence-electron chi connectivity index (χ0n) is 21.1. The smallest absolute Gasteiger partial charge is 0.143 e. The predicted molar refractivity (Wildman–Crippen MR) is 164 cm³/mol. The molecule has 1 heterocycles. The minimum atomic E-state index is 0.919. The summed E-state index contributed by atoms with van der Waals surface area (Å²) < 4.78 is 6.56. The van der Waals surface area contributed by atoms with Crippen molar-refractivity contribution in [3.05, 3.63) is 133 Å². The minimum Gasteiger partial charge on any atom is -0.455 e. The zero-order chi connectivity index (χ0) is 25.5. The Kier molecular flexibility index (Phi) is 4.11. The molecule has 0 aliphatic heterocycles. The Morgan fingerprint density at radius 3 is 1.87 bits per heavy atom. The highest BCUT2D eigenvalue weighted by Gasteiger charge is 2.23. The van der Waals surface area contributed by atoms with Gasteiger partial charge in [-0.25, -0.2) is 0 Å². The first kappa shape index (κ1) is 20.9. The zero-order valence-corrected chi connectivity index (χ0v) is 21.1. The molecule has 0 bridgehead atoms. The number of hydrogen-bond donors (Lipinski definition) is 0. The van der Waals surface area contributed by atoms with Gasteiger partial charge in [0.1, 0.15) is 11.2 Å². The van der Waals surface area contributed by atoms with Gasteiger partial charge in [-0.05, 0) is 78.7 Å². The monoisotopic (exact) mass is 494 g/mol. The normalized spacial score (nSPS) is 12.1. The molecule has 7 aromatic carbocycles. The van der Waals surface area contributed by atoms with Crippen molar-refractivity contribution < 1.29 is 4.42 Å². The molecule has 0 unspecified atom stereocenters. The topological polar surface area (TPSA) is 13.1 Å². The van der Waals surface area contributed by atoms with Gasteiger partial charge in [0.05, 0.1) is 0 Å². The van der Waals surface area contributed by atoms with Crippen molar-refractivity contribution in [2.75, 3.05) is 0 Å². The second-order valence-electron chi connectivity index (χ2n) is 10.5. The van der Waals surface area contributed by atoms with E-state index in [0.29, 0.717) is 0 Å². The van der Waals surface area contributed by atoms with E-state index in [4.69, 9.17) is 4.42 Å². The van der Waals surface area contributed by atoms with Crippen LogP contribution in [0.25, 0.3) is 88.0 Å². The molecule has 0 saturated heterocycles. The van der Waals surface area contributed by atoms with Crippen LogP contribution in [-0.4, -0.2) is 0 Å². The van der Waals surface area contributed by atoms with Gasteiger partial charge in [0, 0.05) is 16.3 Å². The lowest BCUT2D eigenvalue weighted by Gasteiger charge is -2.13. The molecule has 9 rings (SSSR count). The third-order valence-corrected chi connectivity index (χ3v) is 8.42. The lowest BCUT2D eigenvalue weighted by molar-refractivity contribution is 0.670. The fraction of sp³-hybridized carbons (Fsp3) is 0. The molecule has 0 fully saturated rings. The molecule has 0 saturated carbocycles. The van der Waals surface area contributed by atoms with Gasteiger partial charge >= 0.3 is 0 Å². The second-order valence-corrected chi connectivity index (χ2v) is 10.5. The Bertz CT molecular complexity index is 2250. The number of fused-ring (bicyclic) bond motifs is 7. The molecule has 1 heteroatoms. The van der Waals surface area contributed by atoms with Crippen LogP contribution in [0.15, 0.2) is 138 Å². The molecule has 1 aliphatic carbocycles. The SMILES string of the molecule is c1ccc2c(c1)-c1cccc3c(-c4cc(-c5cccc6ccccc56)c5oc6ccccc6c5c4)ccc-2c13. The molecule has 0 radical (unpaired) electrons. The van der Waals surface area contributed by atoms with Gasteiger partial charge in [-0.2, -0.15) is 0 Å². The van der Waals surface area contributed by atoms with Crippen molar-refractivity contribution in [3.63, 3.8) is 0 Å². The highest BCUT2D eigenvalue weighted by atomic mass is 16.3. The average molecular weight is 495 g/mol. The Labute approximate surface area is 225 Å². The van der Waals surface area contributed by atoms with E-state index in [9.17, 15) is 0 Å². The molecule has 180 valence electrons. The molecule has 0 spiro atoms. The second kappa shape index (κ2) is 7.69. The lowest BCUT2D eigenvalue weighted by Crippen LogP contribution is -1.87. The number of benzene rings is 7. The summed E-state index contributed by atoms with van der Waals surface area (Å²) in [5.41, 5.74) is 11.9. The summed E-state index contributed by atoms with van der Waals surface area (Å²) in [4.78, 5) is 0. The molecule has 39 heavy (non-hydrogen) atoms. The van der Waals surface area contributed by atoms with E-state index in [0.717, 1.165) is 27.5 Å². The van der Waals surface area contributed by atoms with Crippen LogP contribution in [0, 0.1) is 0 Å². The van der Waals surface area contributed by atoms with Crippen molar-refractivity contribution in [1.82, 2.24) is 0 Å². The van der Waals surface area contributed by atoms with Crippen molar-refractivity contribution in [2.24, 2.45) is 0 Å². The largest absolute Gasteiger partial charge is 0.455 e. The van der Waals surface area contributed by atoms with Crippen LogP contribution in [0.1, 0.15) is 0 Å². The Hall–Kier alpha value is -5.14. The number of para-hydroxylation sites is 1. The van der Waals surface area contributed by atoms with Crippen molar-refractivity contribution in [1.29, 1.82) is 0 Å². The van der Waals surface area contributed by atoms with Crippen molar-refractivity contribution >= 4 is 43.5 Å². The molecule has 0 atom stereocenters. The van der Waals surface area contributed by atoms with E-state index in [1.165, 1.54) is 60.5 Å². The third kappa shape index (κ3) is 2.85. The molecule has 0 amide bonds. The fourth-order valence-corrected chi connectivity index (χ4v) is 6.70. The number of rotatable bonds is 2. The van der Waals surface area contributed by atoms with Crippen LogP contribution in [0.2, 0.25) is 0 Å². The quantitative estimate of drug-likeness (QED) is 0.233. The summed E-state index contributed by atoms with van der Waals surface area (Å²) in [5, 5.41) is 7.39. The summed E-state index contributed by atoms with van der Waals surface area (Å²) in [6.07, 6.45) is 0. The van der Waals surface area contributed by atoms with E-state index >= 15 is 0 Å². The molecule has 8 aromatic rings. The van der Waals surface area contributed by atoms with E-state index in [1.54, 1.807) is 0 Å². The Morgan fingerprint density at radius 1 is 0.359 bits per heavy atom. The first-order valence-corrected chi connectivity index (χ1v) is 13.4. The Balaban J connectivity index is 1.40. The van der Waals surface area contributed by atoms with Gasteiger partial charge in [0.2, 0.25) is 0 Å². The summed E-state index contributed by atoms with van der Waals surface area (Å²) in [7, 11) is 0. The standard InChI is InChI=1S/C38H22O/c1-2-11-25-23(9-1)10-7-15-27(25)34-21-24(22-35-30-14-5-6-18-36(30)39-38(34)35)26-19-20-33-29-13-4-3-12-28(29)32-17-8-16-31(26)37(32)33/h1-22H. The summed E-state index contributed by atoms with van der Waals surface area (Å²) in [5.74, 6) is 0. The predicted octanol–water partition coefficient (Wildman–Crippen LogP) is 10.9. The van der Waals surface area contributed by atoms with E-state index in [-0.39, 0.29) is 0 Å². The lowest BCUT2D eigenvalue weighted by atomic mass is 9.90. The van der Waals surface area contributed by atoms with Gasteiger partial charge in [-0.15, -0.1) is 0 Å². The summed E-state index contributed by atoms with van der Waals surface area (Å²) in [6, 6.07) is 48.3. The fourth-order valence-electron chi connectivity index (χ4n) is 6.70. The highest BCUT2D eigenvalue weighted by molar-refractivity contribution is 6.20. The first-order valence-electron chi connectivity index (χ1n) is 13.4. The third-order valence-electron chi connectivity index (χ3n) is 8.42. The molecular weight excluding hydrogens is 472 g/mol. The van der Waals surface area contributed by atoms with Crippen LogP contribution >= 0.6 is 0 Å². The van der Waals surface area contributed by atoms with E-state index in [1.807, 2.05) is 6.07 Å². The van der Waals surface area contributed by atoms with Crippen LogP contribution in [0.3, 0.4) is 0 Å². The van der Waals surface area contributed by atoms with Gasteiger partial charge in [0.15, 0.2) is 0 Å². The van der Waals surface area contributed by atoms with Crippen LogP contribution < -0.4 is 0 Å². The van der Waals surface area contributed by atoms with E-state index < -0.39 is 0 Å². The molecule has 1 aromatic heterocycles. The average Bonchev–Trinajstić information content (AvgIpc) is 3.54. The number of hydrogen-bond acceptors (Lipinski definition) is 1. The number of furan rings is 1. The summed E-state index contributed by atoms with van der Waals surface area (Å²) >= 11 is 0. The Morgan fingerprint density at radius 2 is 0.974 bits per heavy atom. The maximum absolute atomic E-state index is 6.56. The maximum atomic E-state index is 6.56. The highest BCUT2D eigenvalue weighted by Crippen LogP contribution is 2.50. The van der Waals surface area contributed by atoms with Gasteiger partial charge in [-0.1, -0.05) is 115 Å². The van der Waals surface area contributed by atoms with E-state index in [2.05, 4.69) is 127 Å². The van der Waals surface area contributed by atoms with Crippen molar-refractivity contribution in [3.8, 4) is 44.5 Å². The van der Waals surface area contributed by atoms with Gasteiger partial charge in [-0.3, -0.25) is 0 Å². The van der Waals surface area contributed by atoms with Crippen LogP contribution in [0.4, 0.5) is 0 Å². The first-order chi connectivity index (χ1) is 19.3. The molecule has 1 aliphatic rings. The molecule has 1 nitrogen and oxygen atoms in total. The minimum absolute atomic E-state index is 0.919. The molecular formula is C38H22O. The maximum Gasteiger partial charge on any atom is 0.143 e. The summed E-state index contributed by atoms with van der Waals surface area (Å²) in [6.45, 7) is 0.